The zero-order valence-corrected chi connectivity index (χ0v) is 20.9. The highest BCUT2D eigenvalue weighted by Gasteiger charge is 2.18. The van der Waals surface area contributed by atoms with Crippen LogP contribution in [-0.4, -0.2) is 15.3 Å². The van der Waals surface area contributed by atoms with E-state index in [0.29, 0.717) is 5.92 Å². The highest BCUT2D eigenvalue weighted by Crippen LogP contribution is 2.28. The molecule has 0 aliphatic heterocycles. The van der Waals surface area contributed by atoms with E-state index >= 15 is 0 Å². The van der Waals surface area contributed by atoms with Gasteiger partial charge in [0.25, 0.3) is 5.69 Å². The quantitative estimate of drug-likeness (QED) is 0.259. The maximum absolute atomic E-state index is 11.1. The molecule has 0 unspecified atom stereocenters. The lowest BCUT2D eigenvalue weighted by molar-refractivity contribution is -0.384. The van der Waals surface area contributed by atoms with Gasteiger partial charge in [-0.1, -0.05) is 45.7 Å². The number of nitrogens with zero attached hydrogens (tertiary/aromatic N) is 4. The van der Waals surface area contributed by atoms with Gasteiger partial charge < -0.3 is 0 Å². The number of nitro benzene ring substituents is 1. The van der Waals surface area contributed by atoms with Crippen LogP contribution in [0.3, 0.4) is 0 Å². The zero-order chi connectivity index (χ0) is 24.1. The van der Waals surface area contributed by atoms with Crippen molar-refractivity contribution in [2.24, 2.45) is 16.0 Å². The molecule has 0 spiro atoms. The Hall–Kier alpha value is -3.06. The molecule has 1 aliphatic rings. The first kappa shape index (κ1) is 24.1. The third-order valence-electron chi connectivity index (χ3n) is 6.46. The van der Waals surface area contributed by atoms with E-state index in [-0.39, 0.29) is 10.6 Å². The van der Waals surface area contributed by atoms with Gasteiger partial charge in [-0.25, -0.2) is 9.67 Å². The van der Waals surface area contributed by atoms with E-state index in [1.165, 1.54) is 48.3 Å². The van der Waals surface area contributed by atoms with Crippen molar-refractivity contribution in [1.82, 2.24) is 4.68 Å². The fourth-order valence-electron chi connectivity index (χ4n) is 4.42. The first-order valence-corrected chi connectivity index (χ1v) is 13.0. The molecule has 2 aromatic carbocycles. The van der Waals surface area contributed by atoms with Crippen molar-refractivity contribution in [3.8, 4) is 11.3 Å². The SMILES string of the molecule is CCCC1CCC(=Nn2c(-c3ccc([N+](=O)[O-])cc3)csc2=Nc2ccc(C(C)C)cc2)CC1. The Morgan fingerprint density at radius 2 is 1.76 bits per heavy atom. The number of non-ortho nitro benzene ring substituents is 1. The maximum atomic E-state index is 11.1. The first-order chi connectivity index (χ1) is 16.4. The average Bonchev–Trinajstić information content (AvgIpc) is 3.22. The van der Waals surface area contributed by atoms with E-state index in [0.717, 1.165) is 40.5 Å². The molecule has 0 radical (unpaired) electrons. The largest absolute Gasteiger partial charge is 0.269 e. The Kier molecular flexibility index (Phi) is 7.73. The van der Waals surface area contributed by atoms with Crippen LogP contribution in [0.5, 0.6) is 0 Å². The summed E-state index contributed by atoms with van der Waals surface area (Å²) in [7, 11) is 0. The fourth-order valence-corrected chi connectivity index (χ4v) is 5.27. The van der Waals surface area contributed by atoms with E-state index in [4.69, 9.17) is 10.1 Å². The predicted molar refractivity (Wildman–Crippen MR) is 140 cm³/mol. The predicted octanol–water partition coefficient (Wildman–Crippen LogP) is 7.68. The molecule has 1 aliphatic carbocycles. The van der Waals surface area contributed by atoms with Crippen LogP contribution in [0.15, 0.2) is 64.0 Å². The molecule has 1 heterocycles. The number of hydrogen-bond donors (Lipinski definition) is 0. The van der Waals surface area contributed by atoms with E-state index in [9.17, 15) is 10.1 Å². The maximum Gasteiger partial charge on any atom is 0.269 e. The fraction of sp³-hybridized carbons (Fsp3) is 0.407. The minimum Gasteiger partial charge on any atom is -0.258 e. The molecule has 34 heavy (non-hydrogen) atoms. The summed E-state index contributed by atoms with van der Waals surface area (Å²) in [6.07, 6.45) is 6.92. The Morgan fingerprint density at radius 1 is 1.09 bits per heavy atom. The van der Waals surface area contributed by atoms with E-state index < -0.39 is 0 Å². The molecule has 0 bridgehead atoms. The van der Waals surface area contributed by atoms with Gasteiger partial charge in [0.2, 0.25) is 4.80 Å². The lowest BCUT2D eigenvalue weighted by Crippen LogP contribution is -2.18. The molecule has 1 aromatic heterocycles. The molecule has 178 valence electrons. The minimum atomic E-state index is -0.373. The summed E-state index contributed by atoms with van der Waals surface area (Å²) in [6.45, 7) is 6.62. The van der Waals surface area contributed by atoms with Crippen molar-refractivity contribution in [2.45, 2.75) is 65.2 Å². The molecule has 0 amide bonds. The number of rotatable bonds is 7. The molecule has 3 aromatic rings. The van der Waals surface area contributed by atoms with Gasteiger partial charge in [0.1, 0.15) is 0 Å². The summed E-state index contributed by atoms with van der Waals surface area (Å²) >= 11 is 1.54. The van der Waals surface area contributed by atoms with Crippen molar-refractivity contribution < 1.29 is 4.92 Å². The van der Waals surface area contributed by atoms with Crippen LogP contribution < -0.4 is 4.80 Å². The molecule has 0 atom stereocenters. The average molecular weight is 477 g/mol. The van der Waals surface area contributed by atoms with Crippen molar-refractivity contribution in [1.29, 1.82) is 0 Å². The van der Waals surface area contributed by atoms with Gasteiger partial charge >= 0.3 is 0 Å². The zero-order valence-electron chi connectivity index (χ0n) is 20.1. The standard InChI is InChI=1S/C27H32N4O2S/c1-4-5-20-6-12-24(13-7-20)29-30-26(22-10-16-25(17-11-22)31(32)33)18-34-27(30)28-23-14-8-21(9-15-23)19(2)3/h8-11,14-20H,4-7,12-13H2,1-3H3. The smallest absolute Gasteiger partial charge is 0.258 e. The van der Waals surface area contributed by atoms with Crippen molar-refractivity contribution in [3.05, 3.63) is 74.4 Å². The second-order valence-corrected chi connectivity index (χ2v) is 10.1. The number of aromatic nitrogens is 1. The van der Waals surface area contributed by atoms with Crippen LogP contribution >= 0.6 is 11.3 Å². The van der Waals surface area contributed by atoms with Gasteiger partial charge in [0.15, 0.2) is 0 Å². The summed E-state index contributed by atoms with van der Waals surface area (Å²) in [5, 5.41) is 18.2. The number of hydrogen-bond acceptors (Lipinski definition) is 5. The normalized spacial score (nSPS) is 16.8. The topological polar surface area (TPSA) is 72.8 Å². The molecule has 7 heteroatoms. The van der Waals surface area contributed by atoms with Crippen LogP contribution in [0.4, 0.5) is 11.4 Å². The summed E-state index contributed by atoms with van der Waals surface area (Å²) in [5.41, 5.74) is 5.26. The summed E-state index contributed by atoms with van der Waals surface area (Å²) < 4.78 is 1.93. The van der Waals surface area contributed by atoms with E-state index in [2.05, 4.69) is 32.9 Å². The molecule has 0 saturated heterocycles. The van der Waals surface area contributed by atoms with Gasteiger partial charge in [-0.2, -0.15) is 5.10 Å². The molecule has 0 N–H and O–H groups in total. The van der Waals surface area contributed by atoms with E-state index in [1.807, 2.05) is 22.2 Å². The van der Waals surface area contributed by atoms with Crippen molar-refractivity contribution in [2.75, 3.05) is 0 Å². The minimum absolute atomic E-state index is 0.0845. The number of nitro groups is 1. The molecule has 6 nitrogen and oxygen atoms in total. The van der Waals surface area contributed by atoms with Crippen LogP contribution in [0.1, 0.15) is 70.8 Å². The van der Waals surface area contributed by atoms with Gasteiger partial charge in [0, 0.05) is 28.8 Å². The number of benzene rings is 2. The van der Waals surface area contributed by atoms with Gasteiger partial charge in [-0.15, -0.1) is 11.3 Å². The molecule has 4 rings (SSSR count). The highest BCUT2D eigenvalue weighted by molar-refractivity contribution is 7.07. The lowest BCUT2D eigenvalue weighted by Gasteiger charge is -2.22. The van der Waals surface area contributed by atoms with Gasteiger partial charge in [0.05, 0.1) is 16.3 Å². The first-order valence-electron chi connectivity index (χ1n) is 12.1. The summed E-state index contributed by atoms with van der Waals surface area (Å²) in [4.78, 5) is 16.4. The Labute approximate surface area is 204 Å². The molecule has 1 saturated carbocycles. The van der Waals surface area contributed by atoms with Crippen LogP contribution in [0.2, 0.25) is 0 Å². The highest BCUT2D eigenvalue weighted by atomic mass is 32.1. The second-order valence-electron chi connectivity index (χ2n) is 9.28. The molecule has 1 fully saturated rings. The lowest BCUT2D eigenvalue weighted by atomic mass is 9.85. The van der Waals surface area contributed by atoms with E-state index in [1.54, 1.807) is 24.3 Å². The third kappa shape index (κ3) is 5.70. The Balaban J connectivity index is 1.73. The molecular weight excluding hydrogens is 444 g/mol. The van der Waals surface area contributed by atoms with Gasteiger partial charge in [-0.05, 0) is 67.3 Å². The number of thiazole rings is 1. The van der Waals surface area contributed by atoms with Crippen molar-refractivity contribution in [3.63, 3.8) is 0 Å². The summed E-state index contributed by atoms with van der Waals surface area (Å²) in [6, 6.07) is 15.0. The Morgan fingerprint density at radius 3 is 2.35 bits per heavy atom. The monoisotopic (exact) mass is 476 g/mol. The van der Waals surface area contributed by atoms with Crippen LogP contribution in [0, 0.1) is 16.0 Å². The van der Waals surface area contributed by atoms with Crippen LogP contribution in [0.25, 0.3) is 11.3 Å². The van der Waals surface area contributed by atoms with Gasteiger partial charge in [-0.3, -0.25) is 10.1 Å². The Bertz CT molecular complexity index is 1210. The summed E-state index contributed by atoms with van der Waals surface area (Å²) in [5.74, 6) is 1.28. The van der Waals surface area contributed by atoms with Crippen molar-refractivity contribution >= 4 is 28.4 Å². The van der Waals surface area contributed by atoms with Crippen LogP contribution in [-0.2, 0) is 0 Å². The second kappa shape index (κ2) is 10.9. The molecular formula is C27H32N4O2S. The third-order valence-corrected chi connectivity index (χ3v) is 7.28.